The molecule has 0 unspecified atom stereocenters. The summed E-state index contributed by atoms with van der Waals surface area (Å²) < 4.78 is 0. The fourth-order valence-corrected chi connectivity index (χ4v) is 4.40. The molecule has 0 aromatic carbocycles. The van der Waals surface area contributed by atoms with Gasteiger partial charge in [0, 0.05) is 37.5 Å². The summed E-state index contributed by atoms with van der Waals surface area (Å²) in [6.07, 6.45) is 3.21. The van der Waals surface area contributed by atoms with Crippen LogP contribution in [-0.4, -0.2) is 110 Å². The second-order valence-electron chi connectivity index (χ2n) is 9.33. The first-order valence-corrected chi connectivity index (χ1v) is 13.3. The van der Waals surface area contributed by atoms with Gasteiger partial charge in [0.15, 0.2) is 0 Å². The molecule has 234 valence electrons. The van der Waals surface area contributed by atoms with Crippen molar-refractivity contribution in [1.82, 2.24) is 36.1 Å². The number of nitrogens with zero attached hydrogens (tertiary/aromatic N) is 2. The highest BCUT2D eigenvalue weighted by Crippen LogP contribution is 2.17. The van der Waals surface area contributed by atoms with Gasteiger partial charge >= 0.3 is 0 Å². The molecule has 42 heavy (non-hydrogen) atoms. The van der Waals surface area contributed by atoms with Crippen LogP contribution >= 0.6 is 25.0 Å². The molecule has 1 aliphatic heterocycles. The number of aromatic amines is 1. The van der Waals surface area contributed by atoms with E-state index in [0.29, 0.717) is 25.1 Å². The Hall–Kier alpha value is -3.90. The molecule has 0 aliphatic carbocycles. The number of nitrogens with one attached hydrogen (secondary N) is 5. The molecule has 7 amide bonds. The van der Waals surface area contributed by atoms with Gasteiger partial charge in [0.1, 0.15) is 30.2 Å². The minimum atomic E-state index is -1.56. The van der Waals surface area contributed by atoms with Crippen LogP contribution in [0.1, 0.15) is 31.9 Å². The molecular formula is C23H36ClN9O8S. The number of hydrogen-bond acceptors (Lipinski definition) is 10. The second-order valence-corrected chi connectivity index (χ2v) is 9.70. The van der Waals surface area contributed by atoms with Crippen molar-refractivity contribution in [1.29, 1.82) is 0 Å². The Morgan fingerprint density at radius 1 is 1.02 bits per heavy atom. The molecule has 0 spiro atoms. The number of halogens is 1. The number of rotatable bonds is 15. The highest BCUT2D eigenvalue weighted by molar-refractivity contribution is 7.80. The maximum Gasteiger partial charge on any atom is 0.245 e. The van der Waals surface area contributed by atoms with Crippen molar-refractivity contribution in [2.24, 2.45) is 11.5 Å². The molecule has 0 saturated carbocycles. The third-order valence-corrected chi connectivity index (χ3v) is 6.63. The van der Waals surface area contributed by atoms with Crippen molar-refractivity contribution >= 4 is 66.4 Å². The molecule has 2 heterocycles. The van der Waals surface area contributed by atoms with E-state index in [1.165, 1.54) is 24.3 Å². The highest BCUT2D eigenvalue weighted by atomic mass is 35.5. The fourth-order valence-electron chi connectivity index (χ4n) is 4.14. The number of likely N-dealkylation sites (tertiary alicyclic amines) is 1. The predicted octanol–water partition coefficient (Wildman–Crippen LogP) is -4.39. The van der Waals surface area contributed by atoms with Crippen LogP contribution in [0.25, 0.3) is 0 Å². The minimum absolute atomic E-state index is 0. The van der Waals surface area contributed by atoms with Crippen LogP contribution in [0.15, 0.2) is 12.5 Å². The van der Waals surface area contributed by atoms with Crippen molar-refractivity contribution < 1.29 is 38.7 Å². The Balaban J connectivity index is 0.00000882. The van der Waals surface area contributed by atoms with E-state index in [0.717, 1.165) is 0 Å². The van der Waals surface area contributed by atoms with Crippen LogP contribution in [-0.2, 0) is 40.0 Å². The van der Waals surface area contributed by atoms with Gasteiger partial charge in [-0.05, 0) is 12.8 Å². The van der Waals surface area contributed by atoms with E-state index in [-0.39, 0.29) is 30.5 Å². The average Bonchev–Trinajstić information content (AvgIpc) is 3.61. The number of carbonyl (C=O) groups excluding carboxylic acids is 7. The van der Waals surface area contributed by atoms with E-state index < -0.39 is 78.7 Å². The summed E-state index contributed by atoms with van der Waals surface area (Å²) in [5.41, 5.74) is 10.7. The number of thiol groups is 1. The summed E-state index contributed by atoms with van der Waals surface area (Å²) in [6.45, 7) is 0.866. The number of nitrogens with two attached hydrogens (primary N) is 2. The molecular weight excluding hydrogens is 598 g/mol. The zero-order chi connectivity index (χ0) is 30.7. The van der Waals surface area contributed by atoms with Crippen molar-refractivity contribution in [3.8, 4) is 0 Å². The monoisotopic (exact) mass is 633 g/mol. The van der Waals surface area contributed by atoms with Crippen molar-refractivity contribution in [3.63, 3.8) is 0 Å². The number of hydrogen-bond donors (Lipinski definition) is 9. The molecule has 0 radical (unpaired) electrons. The number of H-pyrrole nitrogens is 1. The lowest BCUT2D eigenvalue weighted by atomic mass is 10.1. The first-order chi connectivity index (χ1) is 19.4. The van der Waals surface area contributed by atoms with Gasteiger partial charge in [-0.1, -0.05) is 0 Å². The van der Waals surface area contributed by atoms with Gasteiger partial charge in [0.25, 0.3) is 0 Å². The summed E-state index contributed by atoms with van der Waals surface area (Å²) in [6, 6.07) is -6.34. The Kier molecular flexibility index (Phi) is 14.7. The fraction of sp³-hybridized carbons (Fsp3) is 0.565. The van der Waals surface area contributed by atoms with Gasteiger partial charge in [0.2, 0.25) is 41.4 Å². The molecule has 17 nitrogen and oxygen atoms in total. The molecule has 2 rings (SSSR count). The van der Waals surface area contributed by atoms with Crippen LogP contribution in [0, 0.1) is 0 Å². The molecule has 1 saturated heterocycles. The van der Waals surface area contributed by atoms with Crippen molar-refractivity contribution in [2.75, 3.05) is 18.9 Å². The standard InChI is InChI=1S/C23H35N9O8S.ClH/c1-11(34)32-4-2-3-17(32)23(40)29-14(5-12-7-26-10-27-12)20(37)30-15(8-33)21(38)31-16(9-41)22(39)28-13(19(25)36)6-18(24)35;/h7,10,13-17,33,41H,2-6,8-9H2,1H3,(H2,24,35)(H2,25,36)(H,26,27)(H,28,39)(H,29,40)(H,30,37)(H,31,38);1H/t13-,14-,15-,16-,17-;/m0./s1. The van der Waals surface area contributed by atoms with Gasteiger partial charge in [-0.2, -0.15) is 12.6 Å². The SMILES string of the molecule is CC(=O)N1CCC[C@H]1C(=O)N[C@@H](Cc1cnc[nH]1)C(=O)N[C@@H](CO)C(=O)N[C@@H](CS)C(=O)N[C@@H](CC(N)=O)C(N)=O.Cl. The number of imidazole rings is 1. The Morgan fingerprint density at radius 3 is 2.14 bits per heavy atom. The number of primary amides is 2. The molecule has 1 aromatic rings. The number of aliphatic hydroxyl groups is 1. The van der Waals surface area contributed by atoms with Gasteiger partial charge < -0.3 is 47.7 Å². The maximum absolute atomic E-state index is 13.2. The molecule has 1 aromatic heterocycles. The first-order valence-electron chi connectivity index (χ1n) is 12.6. The molecule has 10 N–H and O–H groups in total. The van der Waals surface area contributed by atoms with Crippen LogP contribution in [0.4, 0.5) is 0 Å². The van der Waals surface area contributed by atoms with E-state index in [9.17, 15) is 38.7 Å². The second kappa shape index (κ2) is 17.1. The Bertz CT molecular complexity index is 1140. The van der Waals surface area contributed by atoms with E-state index >= 15 is 0 Å². The van der Waals surface area contributed by atoms with Gasteiger partial charge in [-0.15, -0.1) is 12.4 Å². The smallest absolute Gasteiger partial charge is 0.245 e. The van der Waals surface area contributed by atoms with E-state index in [1.54, 1.807) is 0 Å². The summed E-state index contributed by atoms with van der Waals surface area (Å²) >= 11 is 4.01. The van der Waals surface area contributed by atoms with Crippen LogP contribution in [0.3, 0.4) is 0 Å². The average molecular weight is 634 g/mol. The van der Waals surface area contributed by atoms with Crippen molar-refractivity contribution in [2.45, 2.75) is 62.8 Å². The van der Waals surface area contributed by atoms with E-state index in [1.807, 2.05) is 0 Å². The minimum Gasteiger partial charge on any atom is -0.394 e. The Labute approximate surface area is 252 Å². The number of aromatic nitrogens is 2. The lowest BCUT2D eigenvalue weighted by molar-refractivity contribution is -0.138. The van der Waals surface area contributed by atoms with Crippen LogP contribution < -0.4 is 32.7 Å². The number of aliphatic hydroxyl groups excluding tert-OH is 1. The molecule has 1 aliphatic rings. The first kappa shape index (κ1) is 36.1. The van der Waals surface area contributed by atoms with Gasteiger partial charge in [-0.25, -0.2) is 4.98 Å². The van der Waals surface area contributed by atoms with Gasteiger partial charge in [-0.3, -0.25) is 33.6 Å². The maximum atomic E-state index is 13.2. The summed E-state index contributed by atoms with van der Waals surface area (Å²) in [5, 5.41) is 19.2. The summed E-state index contributed by atoms with van der Waals surface area (Å²) in [5.74, 6) is -5.78. The number of amides is 7. The lowest BCUT2D eigenvalue weighted by Crippen LogP contribution is -2.60. The third kappa shape index (κ3) is 10.5. The van der Waals surface area contributed by atoms with Crippen molar-refractivity contribution in [3.05, 3.63) is 18.2 Å². The quantitative estimate of drug-likeness (QED) is 0.0842. The summed E-state index contributed by atoms with van der Waals surface area (Å²) in [4.78, 5) is 94.3. The zero-order valence-corrected chi connectivity index (χ0v) is 24.4. The largest absolute Gasteiger partial charge is 0.394 e. The lowest BCUT2D eigenvalue weighted by Gasteiger charge is -2.27. The van der Waals surface area contributed by atoms with Crippen LogP contribution in [0.5, 0.6) is 0 Å². The van der Waals surface area contributed by atoms with Crippen LogP contribution in [0.2, 0.25) is 0 Å². The third-order valence-electron chi connectivity index (χ3n) is 6.27. The van der Waals surface area contributed by atoms with E-state index in [4.69, 9.17) is 11.5 Å². The molecule has 19 heteroatoms. The topological polar surface area (TPSA) is 272 Å². The molecule has 5 atom stereocenters. The predicted molar refractivity (Wildman–Crippen MR) is 152 cm³/mol. The number of carbonyl (C=O) groups is 7. The van der Waals surface area contributed by atoms with E-state index in [2.05, 4.69) is 43.9 Å². The zero-order valence-electron chi connectivity index (χ0n) is 22.7. The molecule has 0 bridgehead atoms. The Morgan fingerprint density at radius 2 is 1.62 bits per heavy atom. The van der Waals surface area contributed by atoms with Gasteiger partial charge in [0.05, 0.1) is 19.4 Å². The summed E-state index contributed by atoms with van der Waals surface area (Å²) in [7, 11) is 0. The highest BCUT2D eigenvalue weighted by Gasteiger charge is 2.36. The molecule has 1 fully saturated rings. The normalized spacial score (nSPS) is 17.0.